The highest BCUT2D eigenvalue weighted by Gasteiger charge is 2.16. The summed E-state index contributed by atoms with van der Waals surface area (Å²) in [6.07, 6.45) is 1.01. The molecule has 0 atom stereocenters. The molecular weight excluding hydrogens is 394 g/mol. The van der Waals surface area contributed by atoms with Gasteiger partial charge in [-0.15, -0.1) is 12.4 Å². The SMILES string of the molecule is CC(=O)Nc1ccc(NS(C)(=O)=O)c(C(=O)NCCN2CCNCC2)c1.Cl. The minimum Gasteiger partial charge on any atom is -0.351 e. The zero-order valence-electron chi connectivity index (χ0n) is 15.4. The summed E-state index contributed by atoms with van der Waals surface area (Å²) >= 11 is 0. The number of hydrogen-bond acceptors (Lipinski definition) is 6. The molecule has 1 saturated heterocycles. The first-order valence-electron chi connectivity index (χ1n) is 8.35. The first-order valence-corrected chi connectivity index (χ1v) is 10.2. The monoisotopic (exact) mass is 419 g/mol. The molecule has 0 spiro atoms. The Kier molecular flexibility index (Phi) is 8.97. The van der Waals surface area contributed by atoms with Gasteiger partial charge in [0.1, 0.15) is 0 Å². The molecule has 0 bridgehead atoms. The summed E-state index contributed by atoms with van der Waals surface area (Å²) in [5.41, 5.74) is 0.743. The second kappa shape index (κ2) is 10.5. The Morgan fingerprint density at radius 3 is 2.48 bits per heavy atom. The molecule has 0 aromatic heterocycles. The van der Waals surface area contributed by atoms with E-state index in [-0.39, 0.29) is 29.6 Å². The number of amides is 2. The number of rotatable bonds is 7. The lowest BCUT2D eigenvalue weighted by molar-refractivity contribution is -0.114. The fourth-order valence-corrected chi connectivity index (χ4v) is 3.24. The van der Waals surface area contributed by atoms with Crippen LogP contribution in [0.25, 0.3) is 0 Å². The molecule has 9 nitrogen and oxygen atoms in total. The highest BCUT2D eigenvalue weighted by Crippen LogP contribution is 2.21. The summed E-state index contributed by atoms with van der Waals surface area (Å²) in [5, 5.41) is 8.65. The number of nitrogens with one attached hydrogen (secondary N) is 4. The van der Waals surface area contributed by atoms with Gasteiger partial charge in [-0.3, -0.25) is 19.2 Å². The average Bonchev–Trinajstić information content (AvgIpc) is 2.55. The summed E-state index contributed by atoms with van der Waals surface area (Å²) in [5.74, 6) is -0.683. The van der Waals surface area contributed by atoms with Crippen LogP contribution in [-0.2, 0) is 14.8 Å². The molecule has 0 aliphatic carbocycles. The van der Waals surface area contributed by atoms with Crippen LogP contribution in [0.15, 0.2) is 18.2 Å². The van der Waals surface area contributed by atoms with Crippen molar-refractivity contribution in [1.82, 2.24) is 15.5 Å². The van der Waals surface area contributed by atoms with E-state index in [1.807, 2.05) is 0 Å². The maximum absolute atomic E-state index is 12.5. The first kappa shape index (κ1) is 23.2. The molecular formula is C16H26ClN5O4S. The number of carbonyl (C=O) groups excluding carboxylic acids is 2. The number of halogens is 1. The molecule has 4 N–H and O–H groups in total. The lowest BCUT2D eigenvalue weighted by Crippen LogP contribution is -2.46. The molecule has 152 valence electrons. The first-order chi connectivity index (χ1) is 12.2. The van der Waals surface area contributed by atoms with Crippen molar-refractivity contribution in [2.24, 2.45) is 0 Å². The van der Waals surface area contributed by atoms with Gasteiger partial charge in [-0.05, 0) is 18.2 Å². The zero-order chi connectivity index (χ0) is 19.2. The van der Waals surface area contributed by atoms with E-state index in [1.54, 1.807) is 0 Å². The van der Waals surface area contributed by atoms with E-state index in [1.165, 1.54) is 25.1 Å². The maximum Gasteiger partial charge on any atom is 0.253 e. The van der Waals surface area contributed by atoms with Gasteiger partial charge in [0, 0.05) is 51.9 Å². The summed E-state index contributed by atoms with van der Waals surface area (Å²) < 4.78 is 25.4. The normalized spacial score (nSPS) is 14.7. The fourth-order valence-electron chi connectivity index (χ4n) is 2.66. The highest BCUT2D eigenvalue weighted by molar-refractivity contribution is 7.92. The summed E-state index contributed by atoms with van der Waals surface area (Å²) in [6, 6.07) is 4.44. The van der Waals surface area contributed by atoms with Crippen LogP contribution >= 0.6 is 12.4 Å². The standard InChI is InChI=1S/C16H25N5O4S.ClH/c1-12(22)19-13-3-4-15(20-26(2,24)25)14(11-13)16(23)18-7-10-21-8-5-17-6-9-21;/h3-4,11,17,20H,5-10H2,1-2H3,(H,18,23)(H,19,22);1H. The molecule has 1 aliphatic heterocycles. The quantitative estimate of drug-likeness (QED) is 0.496. The van der Waals surface area contributed by atoms with Gasteiger partial charge >= 0.3 is 0 Å². The summed E-state index contributed by atoms with van der Waals surface area (Å²) in [7, 11) is -3.54. The number of nitrogens with zero attached hydrogens (tertiary/aromatic N) is 1. The van der Waals surface area contributed by atoms with Crippen molar-refractivity contribution in [3.8, 4) is 0 Å². The number of carbonyl (C=O) groups is 2. The zero-order valence-corrected chi connectivity index (χ0v) is 17.0. The van der Waals surface area contributed by atoms with Gasteiger partial charge < -0.3 is 16.0 Å². The Hall–Kier alpha value is -1.88. The molecule has 27 heavy (non-hydrogen) atoms. The van der Waals surface area contributed by atoms with E-state index in [0.29, 0.717) is 18.8 Å². The van der Waals surface area contributed by atoms with Crippen molar-refractivity contribution in [2.45, 2.75) is 6.92 Å². The number of piperazine rings is 1. The van der Waals surface area contributed by atoms with Gasteiger partial charge in [-0.1, -0.05) is 0 Å². The van der Waals surface area contributed by atoms with E-state index in [0.717, 1.165) is 32.4 Å². The van der Waals surface area contributed by atoms with E-state index < -0.39 is 15.9 Å². The lowest BCUT2D eigenvalue weighted by Gasteiger charge is -2.27. The molecule has 0 unspecified atom stereocenters. The van der Waals surface area contributed by atoms with Crippen LogP contribution in [0.3, 0.4) is 0 Å². The predicted octanol–water partition coefficient (Wildman–Crippen LogP) is 0.0733. The molecule has 0 saturated carbocycles. The van der Waals surface area contributed by atoms with Crippen LogP contribution in [0.1, 0.15) is 17.3 Å². The molecule has 1 aromatic carbocycles. The summed E-state index contributed by atoms with van der Waals surface area (Å²) in [4.78, 5) is 26.0. The summed E-state index contributed by atoms with van der Waals surface area (Å²) in [6.45, 7) is 6.22. The van der Waals surface area contributed by atoms with Crippen molar-refractivity contribution in [1.29, 1.82) is 0 Å². The van der Waals surface area contributed by atoms with Crippen LogP contribution in [0.4, 0.5) is 11.4 Å². The van der Waals surface area contributed by atoms with Crippen molar-refractivity contribution in [2.75, 3.05) is 55.6 Å². The minimum atomic E-state index is -3.54. The van der Waals surface area contributed by atoms with Crippen LogP contribution < -0.4 is 20.7 Å². The third-order valence-electron chi connectivity index (χ3n) is 3.80. The number of sulfonamides is 1. The largest absolute Gasteiger partial charge is 0.351 e. The smallest absolute Gasteiger partial charge is 0.253 e. The van der Waals surface area contributed by atoms with Gasteiger partial charge in [0.15, 0.2) is 0 Å². The molecule has 2 rings (SSSR count). The second-order valence-electron chi connectivity index (χ2n) is 6.16. The van der Waals surface area contributed by atoms with Crippen molar-refractivity contribution >= 4 is 45.6 Å². The highest BCUT2D eigenvalue weighted by atomic mass is 35.5. The molecule has 1 aliphatic rings. The maximum atomic E-state index is 12.5. The third kappa shape index (κ3) is 8.12. The molecule has 1 heterocycles. The molecule has 1 aromatic rings. The van der Waals surface area contributed by atoms with Gasteiger partial charge in [0.25, 0.3) is 5.91 Å². The molecule has 2 amide bonds. The minimum absolute atomic E-state index is 0. The fraction of sp³-hybridized carbons (Fsp3) is 0.500. The Balaban J connectivity index is 0.00000364. The third-order valence-corrected chi connectivity index (χ3v) is 4.39. The Morgan fingerprint density at radius 2 is 1.89 bits per heavy atom. The van der Waals surface area contributed by atoms with Crippen molar-refractivity contribution in [3.63, 3.8) is 0 Å². The van der Waals surface area contributed by atoms with E-state index in [9.17, 15) is 18.0 Å². The lowest BCUT2D eigenvalue weighted by atomic mass is 10.1. The average molecular weight is 420 g/mol. The topological polar surface area (TPSA) is 120 Å². The number of anilines is 2. The molecule has 11 heteroatoms. The number of hydrogen-bond donors (Lipinski definition) is 4. The van der Waals surface area contributed by atoms with Gasteiger partial charge in [0.2, 0.25) is 15.9 Å². The van der Waals surface area contributed by atoms with E-state index in [4.69, 9.17) is 0 Å². The van der Waals surface area contributed by atoms with Crippen LogP contribution in [-0.4, -0.2) is 70.7 Å². The molecule has 0 radical (unpaired) electrons. The van der Waals surface area contributed by atoms with Gasteiger partial charge in [-0.2, -0.15) is 0 Å². The molecule has 1 fully saturated rings. The van der Waals surface area contributed by atoms with Crippen LogP contribution in [0.5, 0.6) is 0 Å². The van der Waals surface area contributed by atoms with Crippen molar-refractivity contribution in [3.05, 3.63) is 23.8 Å². The predicted molar refractivity (Wildman–Crippen MR) is 108 cm³/mol. The Labute approximate surface area is 165 Å². The van der Waals surface area contributed by atoms with E-state index in [2.05, 4.69) is 25.6 Å². The van der Waals surface area contributed by atoms with Gasteiger partial charge in [-0.25, -0.2) is 8.42 Å². The van der Waals surface area contributed by atoms with Crippen LogP contribution in [0, 0.1) is 0 Å². The Bertz CT molecular complexity index is 766. The Morgan fingerprint density at radius 1 is 1.22 bits per heavy atom. The van der Waals surface area contributed by atoms with Crippen molar-refractivity contribution < 1.29 is 18.0 Å². The van der Waals surface area contributed by atoms with Crippen LogP contribution in [0.2, 0.25) is 0 Å². The van der Waals surface area contributed by atoms with E-state index >= 15 is 0 Å². The van der Waals surface area contributed by atoms with Gasteiger partial charge in [0.05, 0.1) is 17.5 Å². The second-order valence-corrected chi connectivity index (χ2v) is 7.91. The number of benzene rings is 1.